The first-order valence-corrected chi connectivity index (χ1v) is 8.49. The normalized spacial score (nSPS) is 15.2. The van der Waals surface area contributed by atoms with Crippen LogP contribution in [0, 0.1) is 6.92 Å². The molecule has 0 bridgehead atoms. The second kappa shape index (κ2) is 6.95. The van der Waals surface area contributed by atoms with Crippen LogP contribution in [-0.2, 0) is 7.05 Å². The number of hydrogen-bond acceptors (Lipinski definition) is 2. The third kappa shape index (κ3) is 3.22. The summed E-state index contributed by atoms with van der Waals surface area (Å²) in [6.07, 6.45) is 5.55. The Morgan fingerprint density at radius 2 is 1.79 bits per heavy atom. The van der Waals surface area contributed by atoms with Crippen molar-refractivity contribution >= 4 is 11.7 Å². The van der Waals surface area contributed by atoms with Crippen LogP contribution in [0.4, 0.5) is 10.5 Å². The SMILES string of the molecule is Cc1c(NC(=O)NC2CCCCC2)c(=O)n(-c2ccccc2)n1C. The minimum atomic E-state index is -0.298. The molecule has 128 valence electrons. The maximum absolute atomic E-state index is 12.7. The van der Waals surface area contributed by atoms with E-state index in [1.165, 1.54) is 6.42 Å². The lowest BCUT2D eigenvalue weighted by atomic mass is 9.96. The van der Waals surface area contributed by atoms with E-state index in [0.717, 1.165) is 37.1 Å². The largest absolute Gasteiger partial charge is 0.335 e. The van der Waals surface area contributed by atoms with E-state index in [2.05, 4.69) is 10.6 Å². The third-order valence-corrected chi connectivity index (χ3v) is 4.73. The van der Waals surface area contributed by atoms with E-state index in [4.69, 9.17) is 0 Å². The van der Waals surface area contributed by atoms with E-state index >= 15 is 0 Å². The van der Waals surface area contributed by atoms with Gasteiger partial charge in [-0.25, -0.2) is 9.48 Å². The van der Waals surface area contributed by atoms with Gasteiger partial charge in [-0.05, 0) is 31.9 Å². The molecule has 24 heavy (non-hydrogen) atoms. The van der Waals surface area contributed by atoms with Crippen molar-refractivity contribution in [3.63, 3.8) is 0 Å². The first-order chi connectivity index (χ1) is 11.6. The highest BCUT2D eigenvalue weighted by molar-refractivity contribution is 5.89. The van der Waals surface area contributed by atoms with Crippen LogP contribution in [0.15, 0.2) is 35.1 Å². The molecule has 1 aromatic carbocycles. The minimum Gasteiger partial charge on any atom is -0.335 e. The number of nitrogens with one attached hydrogen (secondary N) is 2. The highest BCUT2D eigenvalue weighted by atomic mass is 16.2. The average molecular weight is 328 g/mol. The zero-order valence-electron chi connectivity index (χ0n) is 14.2. The summed E-state index contributed by atoms with van der Waals surface area (Å²) in [7, 11) is 1.81. The Balaban J connectivity index is 1.81. The van der Waals surface area contributed by atoms with Crippen LogP contribution in [0.5, 0.6) is 0 Å². The van der Waals surface area contributed by atoms with Gasteiger partial charge in [0, 0.05) is 13.1 Å². The quantitative estimate of drug-likeness (QED) is 0.909. The lowest BCUT2D eigenvalue weighted by Gasteiger charge is -2.22. The Labute approximate surface area is 141 Å². The maximum atomic E-state index is 12.7. The van der Waals surface area contributed by atoms with Crippen molar-refractivity contribution in [1.29, 1.82) is 0 Å². The fourth-order valence-corrected chi connectivity index (χ4v) is 3.29. The second-order valence-corrected chi connectivity index (χ2v) is 6.37. The van der Waals surface area contributed by atoms with Crippen molar-refractivity contribution in [3.05, 3.63) is 46.4 Å². The van der Waals surface area contributed by atoms with Crippen molar-refractivity contribution in [1.82, 2.24) is 14.7 Å². The summed E-state index contributed by atoms with van der Waals surface area (Å²) < 4.78 is 3.32. The van der Waals surface area contributed by atoms with Gasteiger partial charge in [0.05, 0.1) is 11.4 Å². The Morgan fingerprint density at radius 3 is 2.46 bits per heavy atom. The summed E-state index contributed by atoms with van der Waals surface area (Å²) in [6, 6.07) is 9.31. The smallest absolute Gasteiger partial charge is 0.319 e. The summed E-state index contributed by atoms with van der Waals surface area (Å²) in [5, 5.41) is 5.74. The molecule has 1 aromatic heterocycles. The first kappa shape index (κ1) is 16.4. The molecule has 3 rings (SSSR count). The van der Waals surface area contributed by atoms with Gasteiger partial charge in [0.15, 0.2) is 0 Å². The molecule has 1 aliphatic carbocycles. The van der Waals surface area contributed by atoms with E-state index in [1.807, 2.05) is 44.3 Å². The van der Waals surface area contributed by atoms with Crippen LogP contribution in [0.25, 0.3) is 5.69 Å². The number of para-hydroxylation sites is 1. The van der Waals surface area contributed by atoms with Crippen LogP contribution in [0.2, 0.25) is 0 Å². The second-order valence-electron chi connectivity index (χ2n) is 6.37. The predicted octanol–water partition coefficient (Wildman–Crippen LogP) is 2.94. The molecule has 0 radical (unpaired) electrons. The molecular formula is C18H24N4O2. The van der Waals surface area contributed by atoms with Gasteiger partial charge in [-0.15, -0.1) is 0 Å². The highest BCUT2D eigenvalue weighted by Gasteiger charge is 2.20. The number of nitrogens with zero attached hydrogens (tertiary/aromatic N) is 2. The van der Waals surface area contributed by atoms with Gasteiger partial charge in [0.1, 0.15) is 5.69 Å². The molecule has 0 unspecified atom stereocenters. The molecule has 1 saturated carbocycles. The minimum absolute atomic E-state index is 0.208. The average Bonchev–Trinajstić information content (AvgIpc) is 2.80. The Bertz CT molecular complexity index is 770. The van der Waals surface area contributed by atoms with Gasteiger partial charge in [-0.3, -0.25) is 9.48 Å². The molecule has 2 N–H and O–H groups in total. The Hall–Kier alpha value is -2.50. The van der Waals surface area contributed by atoms with Gasteiger partial charge in [0.25, 0.3) is 5.56 Å². The zero-order chi connectivity index (χ0) is 17.1. The fourth-order valence-electron chi connectivity index (χ4n) is 3.29. The standard InChI is InChI=1S/C18H24N4O2/c1-13-16(20-18(24)19-14-9-5-3-6-10-14)17(23)22(21(13)2)15-11-7-4-8-12-15/h4,7-8,11-12,14H,3,5-6,9-10H2,1-2H3,(H2,19,20,24). The molecule has 1 aliphatic rings. The van der Waals surface area contributed by atoms with Crippen molar-refractivity contribution in [2.75, 3.05) is 5.32 Å². The van der Waals surface area contributed by atoms with Gasteiger partial charge < -0.3 is 10.6 Å². The van der Waals surface area contributed by atoms with Crippen molar-refractivity contribution < 1.29 is 4.79 Å². The van der Waals surface area contributed by atoms with Gasteiger partial charge >= 0.3 is 6.03 Å². The van der Waals surface area contributed by atoms with Crippen LogP contribution in [0.3, 0.4) is 0 Å². The number of aromatic nitrogens is 2. The van der Waals surface area contributed by atoms with Crippen molar-refractivity contribution in [2.45, 2.75) is 45.1 Å². The lowest BCUT2D eigenvalue weighted by Crippen LogP contribution is -2.39. The van der Waals surface area contributed by atoms with Crippen molar-refractivity contribution in [2.24, 2.45) is 7.05 Å². The van der Waals surface area contributed by atoms with Gasteiger partial charge in [-0.2, -0.15) is 0 Å². The number of anilines is 1. The number of amides is 2. The van der Waals surface area contributed by atoms with Crippen molar-refractivity contribution in [3.8, 4) is 5.69 Å². The summed E-state index contributed by atoms with van der Waals surface area (Å²) >= 11 is 0. The fraction of sp³-hybridized carbons (Fsp3) is 0.444. The number of rotatable bonds is 3. The molecule has 6 heteroatoms. The predicted molar refractivity (Wildman–Crippen MR) is 94.8 cm³/mol. The number of benzene rings is 1. The topological polar surface area (TPSA) is 68.1 Å². The first-order valence-electron chi connectivity index (χ1n) is 8.49. The third-order valence-electron chi connectivity index (χ3n) is 4.73. The zero-order valence-corrected chi connectivity index (χ0v) is 14.2. The molecule has 2 amide bonds. The van der Waals surface area contributed by atoms with Crippen LogP contribution in [0.1, 0.15) is 37.8 Å². The molecule has 1 heterocycles. The summed E-state index contributed by atoms with van der Waals surface area (Å²) in [6.45, 7) is 1.83. The van der Waals surface area contributed by atoms with E-state index in [9.17, 15) is 9.59 Å². The number of carbonyl (C=O) groups excluding carboxylic acids is 1. The number of urea groups is 1. The van der Waals surface area contributed by atoms with Crippen LogP contribution < -0.4 is 16.2 Å². The maximum Gasteiger partial charge on any atom is 0.319 e. The summed E-state index contributed by atoms with van der Waals surface area (Å²) in [5.74, 6) is 0. The molecule has 6 nitrogen and oxygen atoms in total. The summed E-state index contributed by atoms with van der Waals surface area (Å²) in [5.41, 5.74) is 1.60. The molecule has 0 saturated heterocycles. The molecule has 1 fully saturated rings. The molecule has 0 spiro atoms. The summed E-state index contributed by atoms with van der Waals surface area (Å²) in [4.78, 5) is 25.0. The molecular weight excluding hydrogens is 304 g/mol. The molecule has 0 atom stereocenters. The van der Waals surface area contributed by atoms with Gasteiger partial charge in [0.2, 0.25) is 0 Å². The highest BCUT2D eigenvalue weighted by Crippen LogP contribution is 2.18. The van der Waals surface area contributed by atoms with E-state index in [0.29, 0.717) is 5.69 Å². The monoisotopic (exact) mass is 328 g/mol. The van der Waals surface area contributed by atoms with Gasteiger partial charge in [-0.1, -0.05) is 37.5 Å². The van der Waals surface area contributed by atoms with E-state index in [1.54, 1.807) is 9.36 Å². The number of carbonyl (C=O) groups is 1. The molecule has 0 aliphatic heterocycles. The van der Waals surface area contributed by atoms with Crippen LogP contribution in [-0.4, -0.2) is 21.4 Å². The Kier molecular flexibility index (Phi) is 4.74. The lowest BCUT2D eigenvalue weighted by molar-refractivity contribution is 0.244. The Morgan fingerprint density at radius 1 is 1.12 bits per heavy atom. The van der Waals surface area contributed by atoms with Crippen LogP contribution >= 0.6 is 0 Å². The van der Waals surface area contributed by atoms with E-state index in [-0.39, 0.29) is 17.6 Å². The number of hydrogen-bond donors (Lipinski definition) is 2. The van der Waals surface area contributed by atoms with E-state index < -0.39 is 0 Å². The molecule has 2 aromatic rings.